The van der Waals surface area contributed by atoms with Crippen LogP contribution in [0, 0.1) is 5.95 Å². The van der Waals surface area contributed by atoms with E-state index in [9.17, 15) is 14.0 Å². The van der Waals surface area contributed by atoms with Crippen LogP contribution in [0.2, 0.25) is 0 Å². The highest BCUT2D eigenvalue weighted by Crippen LogP contribution is 2.07. The van der Waals surface area contributed by atoms with Crippen LogP contribution in [0.25, 0.3) is 0 Å². The third-order valence-electron chi connectivity index (χ3n) is 2.05. The molecule has 0 aliphatic rings. The van der Waals surface area contributed by atoms with E-state index in [2.05, 4.69) is 10.3 Å². The number of amides is 2. The number of halogens is 1. The summed E-state index contributed by atoms with van der Waals surface area (Å²) in [4.78, 5) is 25.9. The zero-order valence-electron chi connectivity index (χ0n) is 8.95. The minimum absolute atomic E-state index is 0.225. The van der Waals surface area contributed by atoms with Gasteiger partial charge in [0, 0.05) is 6.20 Å². The molecule has 0 aliphatic carbocycles. The summed E-state index contributed by atoms with van der Waals surface area (Å²) in [5.74, 6) is -2.32. The number of pyridine rings is 1. The Bertz CT molecular complexity index is 432. The highest BCUT2D eigenvalue weighted by Gasteiger charge is 2.28. The number of aromatic nitrogens is 1. The van der Waals surface area contributed by atoms with Crippen molar-refractivity contribution in [3.63, 3.8) is 0 Å². The van der Waals surface area contributed by atoms with E-state index < -0.39 is 23.3 Å². The molecule has 1 rings (SSSR count). The van der Waals surface area contributed by atoms with Crippen molar-refractivity contribution >= 4 is 11.8 Å². The Morgan fingerprint density at radius 1 is 1.50 bits per heavy atom. The molecule has 2 amide bonds. The van der Waals surface area contributed by atoms with E-state index in [4.69, 9.17) is 5.73 Å². The van der Waals surface area contributed by atoms with Gasteiger partial charge < -0.3 is 11.1 Å². The molecule has 16 heavy (non-hydrogen) atoms. The number of carbonyl (C=O) groups is 2. The van der Waals surface area contributed by atoms with Gasteiger partial charge in [0.05, 0.1) is 5.56 Å². The Balaban J connectivity index is 2.89. The molecular formula is C10H12FN3O2. The predicted molar refractivity (Wildman–Crippen MR) is 54.9 cm³/mol. The third-order valence-corrected chi connectivity index (χ3v) is 2.05. The first-order valence-electron chi connectivity index (χ1n) is 4.57. The molecule has 0 radical (unpaired) electrons. The van der Waals surface area contributed by atoms with Gasteiger partial charge in [0.15, 0.2) is 0 Å². The fourth-order valence-corrected chi connectivity index (χ4v) is 0.968. The summed E-state index contributed by atoms with van der Waals surface area (Å²) in [5.41, 5.74) is 3.61. The van der Waals surface area contributed by atoms with Crippen molar-refractivity contribution in [3.05, 3.63) is 29.8 Å². The van der Waals surface area contributed by atoms with Gasteiger partial charge in [-0.2, -0.15) is 4.39 Å². The third kappa shape index (κ3) is 2.53. The summed E-state index contributed by atoms with van der Waals surface area (Å²) in [6.45, 7) is 2.86. The van der Waals surface area contributed by atoms with E-state index in [1.54, 1.807) is 0 Å². The van der Waals surface area contributed by atoms with Gasteiger partial charge in [-0.15, -0.1) is 0 Å². The molecule has 0 fully saturated rings. The van der Waals surface area contributed by atoms with Crippen LogP contribution in [-0.4, -0.2) is 22.3 Å². The number of nitrogens with zero attached hydrogens (tertiary/aromatic N) is 1. The van der Waals surface area contributed by atoms with Gasteiger partial charge in [0.1, 0.15) is 5.54 Å². The summed E-state index contributed by atoms with van der Waals surface area (Å²) in [6.07, 6.45) is 1.23. The van der Waals surface area contributed by atoms with Crippen LogP contribution in [0.1, 0.15) is 24.2 Å². The van der Waals surface area contributed by atoms with Crippen molar-refractivity contribution in [3.8, 4) is 0 Å². The van der Waals surface area contributed by atoms with Gasteiger partial charge in [0.2, 0.25) is 11.9 Å². The Morgan fingerprint density at radius 3 is 2.62 bits per heavy atom. The van der Waals surface area contributed by atoms with Crippen molar-refractivity contribution < 1.29 is 14.0 Å². The summed E-state index contributed by atoms with van der Waals surface area (Å²) < 4.78 is 13.1. The molecule has 3 N–H and O–H groups in total. The van der Waals surface area contributed by atoms with Crippen LogP contribution in [0.5, 0.6) is 0 Å². The zero-order valence-corrected chi connectivity index (χ0v) is 8.95. The second-order valence-corrected chi connectivity index (χ2v) is 3.79. The molecule has 1 aromatic heterocycles. The lowest BCUT2D eigenvalue weighted by Crippen LogP contribution is -2.53. The Labute approximate surface area is 91.9 Å². The summed E-state index contributed by atoms with van der Waals surface area (Å²) in [5, 5.41) is 2.32. The van der Waals surface area contributed by atoms with E-state index >= 15 is 0 Å². The maximum absolute atomic E-state index is 13.1. The number of nitrogens with one attached hydrogen (secondary N) is 1. The van der Waals surface area contributed by atoms with Crippen molar-refractivity contribution in [2.75, 3.05) is 0 Å². The van der Waals surface area contributed by atoms with Crippen LogP contribution in [0.15, 0.2) is 18.3 Å². The maximum Gasteiger partial charge on any atom is 0.256 e. The Hall–Kier alpha value is -1.98. The Morgan fingerprint density at radius 2 is 2.12 bits per heavy atom. The molecule has 0 saturated carbocycles. The van der Waals surface area contributed by atoms with E-state index in [1.165, 1.54) is 32.2 Å². The van der Waals surface area contributed by atoms with Crippen molar-refractivity contribution in [1.29, 1.82) is 0 Å². The number of primary amides is 1. The standard InChI is InChI=1S/C10H12FN3O2/c1-10(2,9(12)16)14-8(15)6-4-3-5-13-7(6)11/h3-5H,1-2H3,(H2,12,16)(H,14,15). The molecule has 0 saturated heterocycles. The smallest absolute Gasteiger partial charge is 0.256 e. The highest BCUT2D eigenvalue weighted by molar-refractivity contribution is 5.98. The van der Waals surface area contributed by atoms with Crippen LogP contribution < -0.4 is 11.1 Å². The molecule has 86 valence electrons. The van der Waals surface area contributed by atoms with Crippen LogP contribution in [0.3, 0.4) is 0 Å². The number of hydrogen-bond acceptors (Lipinski definition) is 3. The molecule has 1 aromatic rings. The van der Waals surface area contributed by atoms with Gasteiger partial charge in [-0.05, 0) is 26.0 Å². The quantitative estimate of drug-likeness (QED) is 0.721. The zero-order chi connectivity index (χ0) is 12.3. The average Bonchev–Trinajstić information content (AvgIpc) is 2.17. The average molecular weight is 225 g/mol. The lowest BCUT2D eigenvalue weighted by atomic mass is 10.0. The molecule has 0 aliphatic heterocycles. The Kier molecular flexibility index (Phi) is 3.22. The lowest BCUT2D eigenvalue weighted by molar-refractivity contribution is -0.122. The molecule has 1 heterocycles. The first-order chi connectivity index (χ1) is 7.34. The van der Waals surface area contributed by atoms with Gasteiger partial charge in [0.25, 0.3) is 5.91 Å². The van der Waals surface area contributed by atoms with Gasteiger partial charge in [-0.25, -0.2) is 4.98 Å². The summed E-state index contributed by atoms with van der Waals surface area (Å²) >= 11 is 0. The number of carbonyl (C=O) groups excluding carboxylic acids is 2. The van der Waals surface area contributed by atoms with E-state index in [1.807, 2.05) is 0 Å². The number of hydrogen-bond donors (Lipinski definition) is 2. The minimum Gasteiger partial charge on any atom is -0.368 e. The topological polar surface area (TPSA) is 85.1 Å². The van der Waals surface area contributed by atoms with Gasteiger partial charge >= 0.3 is 0 Å². The molecule has 0 bridgehead atoms. The summed E-state index contributed by atoms with van der Waals surface area (Å²) in [7, 11) is 0. The molecule has 0 atom stereocenters. The van der Waals surface area contributed by atoms with Gasteiger partial charge in [-0.1, -0.05) is 0 Å². The minimum atomic E-state index is -1.24. The monoisotopic (exact) mass is 225 g/mol. The van der Waals surface area contributed by atoms with Crippen molar-refractivity contribution in [2.24, 2.45) is 5.73 Å². The van der Waals surface area contributed by atoms with E-state index in [0.717, 1.165) is 0 Å². The summed E-state index contributed by atoms with van der Waals surface area (Å²) in [6, 6.07) is 2.70. The first kappa shape index (κ1) is 12.1. The first-order valence-corrected chi connectivity index (χ1v) is 4.57. The maximum atomic E-state index is 13.1. The fourth-order valence-electron chi connectivity index (χ4n) is 0.968. The largest absolute Gasteiger partial charge is 0.368 e. The lowest BCUT2D eigenvalue weighted by Gasteiger charge is -2.22. The van der Waals surface area contributed by atoms with E-state index in [-0.39, 0.29) is 5.56 Å². The highest BCUT2D eigenvalue weighted by atomic mass is 19.1. The van der Waals surface area contributed by atoms with Crippen molar-refractivity contribution in [1.82, 2.24) is 10.3 Å². The van der Waals surface area contributed by atoms with Gasteiger partial charge in [-0.3, -0.25) is 9.59 Å². The van der Waals surface area contributed by atoms with Crippen LogP contribution in [-0.2, 0) is 4.79 Å². The molecule has 0 spiro atoms. The van der Waals surface area contributed by atoms with E-state index in [0.29, 0.717) is 0 Å². The van der Waals surface area contributed by atoms with Crippen LogP contribution in [0.4, 0.5) is 4.39 Å². The molecule has 0 aromatic carbocycles. The molecule has 0 unspecified atom stereocenters. The molecular weight excluding hydrogens is 213 g/mol. The molecule has 6 heteroatoms. The fraction of sp³-hybridized carbons (Fsp3) is 0.300. The predicted octanol–water partition coefficient (Wildman–Crippen LogP) is 0.214. The number of rotatable bonds is 3. The SMILES string of the molecule is CC(C)(NC(=O)c1cccnc1F)C(N)=O. The number of nitrogens with two attached hydrogens (primary N) is 1. The van der Waals surface area contributed by atoms with Crippen LogP contribution >= 0.6 is 0 Å². The second-order valence-electron chi connectivity index (χ2n) is 3.79. The van der Waals surface area contributed by atoms with Crippen molar-refractivity contribution in [2.45, 2.75) is 19.4 Å². The second kappa shape index (κ2) is 4.26. The molecule has 5 nitrogen and oxygen atoms in total. The normalized spacial score (nSPS) is 10.9.